The molecule has 0 bridgehead atoms. The Morgan fingerprint density at radius 2 is 1.95 bits per heavy atom. The molecule has 0 heterocycles. The molecule has 0 aromatic heterocycles. The molecule has 3 nitrogen and oxygen atoms in total. The first-order valence-corrected chi connectivity index (χ1v) is 7.96. The molecular weight excluding hydrogens is 267 g/mol. The van der Waals surface area contributed by atoms with Crippen LogP contribution in [0.5, 0.6) is 0 Å². The summed E-state index contributed by atoms with van der Waals surface area (Å²) < 4.78 is 13.9. The van der Waals surface area contributed by atoms with Gasteiger partial charge in [0.25, 0.3) is 0 Å². The van der Waals surface area contributed by atoms with E-state index in [9.17, 15) is 4.39 Å². The van der Waals surface area contributed by atoms with Gasteiger partial charge in [0.1, 0.15) is 5.82 Å². The number of unbranched alkanes of at least 4 members (excludes halogenated alkanes) is 2. The summed E-state index contributed by atoms with van der Waals surface area (Å²) in [5.74, 6) is -0.131. The molecule has 1 aromatic rings. The molecule has 120 valence electrons. The molecule has 0 saturated carbocycles. The van der Waals surface area contributed by atoms with Crippen LogP contribution in [0.2, 0.25) is 0 Å². The van der Waals surface area contributed by atoms with Gasteiger partial charge in [-0.3, -0.25) is 0 Å². The Balaban J connectivity index is 2.43. The van der Waals surface area contributed by atoms with Crippen LogP contribution < -0.4 is 5.32 Å². The van der Waals surface area contributed by atoms with Crippen molar-refractivity contribution in [3.63, 3.8) is 0 Å². The van der Waals surface area contributed by atoms with Gasteiger partial charge in [-0.2, -0.15) is 0 Å². The van der Waals surface area contributed by atoms with Crippen molar-refractivity contribution in [2.45, 2.75) is 38.6 Å². The van der Waals surface area contributed by atoms with Crippen LogP contribution in [-0.4, -0.2) is 43.3 Å². The van der Waals surface area contributed by atoms with E-state index in [1.165, 1.54) is 6.07 Å². The van der Waals surface area contributed by atoms with Gasteiger partial charge in [-0.25, -0.2) is 4.39 Å². The molecule has 0 aliphatic heterocycles. The van der Waals surface area contributed by atoms with Crippen LogP contribution in [0.15, 0.2) is 24.3 Å². The fourth-order valence-electron chi connectivity index (χ4n) is 2.50. The second-order valence-corrected chi connectivity index (χ2v) is 5.51. The number of nitrogens with one attached hydrogen (secondary N) is 1. The number of hydrogen-bond acceptors (Lipinski definition) is 3. The summed E-state index contributed by atoms with van der Waals surface area (Å²) in [4.78, 5) is 2.28. The number of aliphatic hydroxyl groups is 1. The van der Waals surface area contributed by atoms with Gasteiger partial charge in [0.05, 0.1) is 0 Å². The van der Waals surface area contributed by atoms with Crippen molar-refractivity contribution >= 4 is 0 Å². The SMILES string of the molecule is CCNC(CCN(C)CCCCCO)c1ccccc1F. The standard InChI is InChI=1S/C17H29FN2O/c1-3-19-17(15-9-5-6-10-16(15)18)11-13-20(2)12-7-4-8-14-21/h5-6,9-10,17,19,21H,3-4,7-8,11-14H2,1-2H3. The molecule has 0 aliphatic rings. The molecule has 0 fully saturated rings. The molecule has 0 aliphatic carbocycles. The lowest BCUT2D eigenvalue weighted by Crippen LogP contribution is -2.28. The Labute approximate surface area is 128 Å². The third-order valence-electron chi connectivity index (χ3n) is 3.73. The fourth-order valence-corrected chi connectivity index (χ4v) is 2.50. The quantitative estimate of drug-likeness (QED) is 0.616. The summed E-state index contributed by atoms with van der Waals surface area (Å²) in [5, 5.41) is 12.1. The molecule has 0 amide bonds. The van der Waals surface area contributed by atoms with Gasteiger partial charge in [0.15, 0.2) is 0 Å². The number of benzene rings is 1. The minimum Gasteiger partial charge on any atom is -0.396 e. The maximum Gasteiger partial charge on any atom is 0.127 e. The highest BCUT2D eigenvalue weighted by atomic mass is 19.1. The third kappa shape index (κ3) is 7.02. The van der Waals surface area contributed by atoms with Crippen molar-refractivity contribution in [2.75, 3.05) is 33.3 Å². The Hall–Kier alpha value is -0.970. The molecule has 0 spiro atoms. The zero-order valence-electron chi connectivity index (χ0n) is 13.3. The van der Waals surface area contributed by atoms with E-state index in [2.05, 4.69) is 17.3 Å². The highest BCUT2D eigenvalue weighted by Crippen LogP contribution is 2.20. The van der Waals surface area contributed by atoms with Crippen LogP contribution in [0.25, 0.3) is 0 Å². The Morgan fingerprint density at radius 3 is 2.62 bits per heavy atom. The summed E-state index contributed by atoms with van der Waals surface area (Å²) in [6, 6.07) is 7.08. The van der Waals surface area contributed by atoms with Crippen LogP contribution in [0, 0.1) is 5.82 Å². The molecule has 1 aromatic carbocycles. The van der Waals surface area contributed by atoms with Crippen molar-refractivity contribution in [1.29, 1.82) is 0 Å². The first-order chi connectivity index (χ1) is 10.2. The van der Waals surface area contributed by atoms with Crippen molar-refractivity contribution < 1.29 is 9.50 Å². The predicted octanol–water partition coefficient (Wildman–Crippen LogP) is 2.96. The van der Waals surface area contributed by atoms with E-state index in [4.69, 9.17) is 5.11 Å². The maximum absolute atomic E-state index is 13.9. The van der Waals surface area contributed by atoms with Gasteiger partial charge >= 0.3 is 0 Å². The third-order valence-corrected chi connectivity index (χ3v) is 3.73. The average molecular weight is 296 g/mol. The van der Waals surface area contributed by atoms with E-state index in [0.29, 0.717) is 0 Å². The topological polar surface area (TPSA) is 35.5 Å². The Bertz CT molecular complexity index is 387. The van der Waals surface area contributed by atoms with Crippen LogP contribution >= 0.6 is 0 Å². The molecule has 0 saturated heterocycles. The molecule has 4 heteroatoms. The highest BCUT2D eigenvalue weighted by Gasteiger charge is 2.14. The number of nitrogens with zero attached hydrogens (tertiary/aromatic N) is 1. The van der Waals surface area contributed by atoms with Gasteiger partial charge in [-0.1, -0.05) is 25.1 Å². The highest BCUT2D eigenvalue weighted by molar-refractivity contribution is 5.21. The summed E-state index contributed by atoms with van der Waals surface area (Å²) in [7, 11) is 2.10. The minimum absolute atomic E-state index is 0.0658. The smallest absolute Gasteiger partial charge is 0.127 e. The molecular formula is C17H29FN2O. The summed E-state index contributed by atoms with van der Waals surface area (Å²) in [6.45, 7) is 5.12. The first kappa shape index (κ1) is 18.1. The molecule has 1 unspecified atom stereocenters. The Kier molecular flexibility index (Phi) is 9.22. The van der Waals surface area contributed by atoms with E-state index in [-0.39, 0.29) is 18.5 Å². The van der Waals surface area contributed by atoms with E-state index >= 15 is 0 Å². The summed E-state index contributed by atoms with van der Waals surface area (Å²) >= 11 is 0. The monoisotopic (exact) mass is 296 g/mol. The van der Waals surface area contributed by atoms with E-state index in [1.54, 1.807) is 6.07 Å². The zero-order chi connectivity index (χ0) is 15.5. The minimum atomic E-state index is -0.131. The van der Waals surface area contributed by atoms with Crippen LogP contribution in [0.4, 0.5) is 4.39 Å². The summed E-state index contributed by atoms with van der Waals surface area (Å²) in [6.07, 6.45) is 3.93. The van der Waals surface area contributed by atoms with Gasteiger partial charge in [-0.15, -0.1) is 0 Å². The zero-order valence-corrected chi connectivity index (χ0v) is 13.3. The summed E-state index contributed by atoms with van der Waals surface area (Å²) in [5.41, 5.74) is 0.757. The van der Waals surface area contributed by atoms with E-state index < -0.39 is 0 Å². The Morgan fingerprint density at radius 1 is 1.19 bits per heavy atom. The number of halogens is 1. The predicted molar refractivity (Wildman–Crippen MR) is 85.9 cm³/mol. The van der Waals surface area contributed by atoms with E-state index in [0.717, 1.165) is 50.9 Å². The lowest BCUT2D eigenvalue weighted by molar-refractivity contribution is 0.268. The first-order valence-electron chi connectivity index (χ1n) is 7.96. The maximum atomic E-state index is 13.9. The molecule has 21 heavy (non-hydrogen) atoms. The second-order valence-electron chi connectivity index (χ2n) is 5.51. The fraction of sp³-hybridized carbons (Fsp3) is 0.647. The van der Waals surface area contributed by atoms with Crippen LogP contribution in [0.1, 0.15) is 44.2 Å². The number of hydrogen-bond donors (Lipinski definition) is 2. The second kappa shape index (κ2) is 10.7. The van der Waals surface area contributed by atoms with E-state index in [1.807, 2.05) is 19.1 Å². The van der Waals surface area contributed by atoms with Gasteiger partial charge in [-0.05, 0) is 58.4 Å². The molecule has 2 N–H and O–H groups in total. The van der Waals surface area contributed by atoms with Crippen LogP contribution in [-0.2, 0) is 0 Å². The van der Waals surface area contributed by atoms with Gasteiger partial charge < -0.3 is 15.3 Å². The average Bonchev–Trinajstić information content (AvgIpc) is 2.49. The van der Waals surface area contributed by atoms with Gasteiger partial charge in [0, 0.05) is 18.2 Å². The number of rotatable bonds is 11. The largest absolute Gasteiger partial charge is 0.396 e. The molecule has 0 radical (unpaired) electrons. The molecule has 1 rings (SSSR count). The number of aliphatic hydroxyl groups excluding tert-OH is 1. The normalized spacial score (nSPS) is 12.8. The van der Waals surface area contributed by atoms with Crippen molar-refractivity contribution in [1.82, 2.24) is 10.2 Å². The van der Waals surface area contributed by atoms with Crippen molar-refractivity contribution in [3.05, 3.63) is 35.6 Å². The lowest BCUT2D eigenvalue weighted by Gasteiger charge is -2.23. The van der Waals surface area contributed by atoms with Crippen molar-refractivity contribution in [2.24, 2.45) is 0 Å². The molecule has 1 atom stereocenters. The lowest BCUT2D eigenvalue weighted by atomic mass is 10.0. The van der Waals surface area contributed by atoms with Crippen molar-refractivity contribution in [3.8, 4) is 0 Å². The van der Waals surface area contributed by atoms with Gasteiger partial charge in [0.2, 0.25) is 0 Å². The van der Waals surface area contributed by atoms with Crippen LogP contribution in [0.3, 0.4) is 0 Å².